The molecule has 0 aromatic heterocycles. The number of halogens is 2. The van der Waals surface area contributed by atoms with E-state index in [1.54, 1.807) is 6.07 Å². The van der Waals surface area contributed by atoms with Crippen LogP contribution >= 0.6 is 44.8 Å². The van der Waals surface area contributed by atoms with Crippen LogP contribution in [0.5, 0.6) is 5.75 Å². The first kappa shape index (κ1) is 20.1. The van der Waals surface area contributed by atoms with Gasteiger partial charge in [-0.1, -0.05) is 105 Å². The molecule has 0 unspecified atom stereocenters. The van der Waals surface area contributed by atoms with Gasteiger partial charge in [0.05, 0.1) is 5.02 Å². The highest BCUT2D eigenvalue weighted by molar-refractivity contribution is 8.76. The van der Waals surface area contributed by atoms with Gasteiger partial charge in [-0.15, -0.1) is 0 Å². The maximum Gasteiger partial charge on any atom is 0.134 e. The lowest BCUT2D eigenvalue weighted by atomic mass is 10.2. The smallest absolute Gasteiger partial charge is 0.134 e. The molecule has 0 aliphatic carbocycles. The van der Waals surface area contributed by atoms with E-state index in [2.05, 4.69) is 60.7 Å². The van der Waals surface area contributed by atoms with Gasteiger partial charge in [-0.05, 0) is 29.3 Å². The third kappa shape index (κ3) is 8.10. The molecular weight excluding hydrogens is 391 g/mol. The fraction of sp³-hybridized carbons (Fsp3) is 0.100. The molecule has 130 valence electrons. The van der Waals surface area contributed by atoms with Gasteiger partial charge in [0.15, 0.2) is 0 Å². The molecule has 0 heterocycles. The molecular formula is C20H18Cl2OS2. The Hall–Kier alpha value is -1.26. The molecule has 0 bridgehead atoms. The van der Waals surface area contributed by atoms with Gasteiger partial charge in [0.1, 0.15) is 5.75 Å². The lowest BCUT2D eigenvalue weighted by molar-refractivity contribution is 0.475. The number of hydrogen-bond donors (Lipinski definition) is 1. The van der Waals surface area contributed by atoms with Crippen molar-refractivity contribution in [2.75, 3.05) is 0 Å². The standard InChI is InChI=1S/C14H14S2.C6H4Cl2O/c1-3-7-13(8-4-1)11-15-16-12-14-9-5-2-6-10-14;7-4-1-2-6(9)5(8)3-4/h1-10H,11-12H2;1-3,9H. The first-order valence-corrected chi connectivity index (χ1v) is 10.9. The van der Waals surface area contributed by atoms with Crippen LogP contribution in [0.1, 0.15) is 11.1 Å². The molecule has 0 spiro atoms. The van der Waals surface area contributed by atoms with Crippen LogP contribution in [-0.4, -0.2) is 5.11 Å². The van der Waals surface area contributed by atoms with Gasteiger partial charge in [0.2, 0.25) is 0 Å². The highest BCUT2D eigenvalue weighted by Gasteiger charge is 1.96. The summed E-state index contributed by atoms with van der Waals surface area (Å²) in [6, 6.07) is 25.7. The third-order valence-corrected chi connectivity index (χ3v) is 5.94. The minimum Gasteiger partial charge on any atom is -0.506 e. The first-order valence-electron chi connectivity index (χ1n) is 7.61. The number of phenolic OH excluding ortho intramolecular Hbond substituents is 1. The van der Waals surface area contributed by atoms with E-state index in [-0.39, 0.29) is 10.8 Å². The van der Waals surface area contributed by atoms with Crippen LogP contribution in [0.4, 0.5) is 0 Å². The van der Waals surface area contributed by atoms with E-state index < -0.39 is 0 Å². The van der Waals surface area contributed by atoms with Crippen molar-refractivity contribution in [3.8, 4) is 5.75 Å². The fourth-order valence-corrected chi connectivity index (χ4v) is 4.40. The van der Waals surface area contributed by atoms with E-state index in [1.807, 2.05) is 21.6 Å². The van der Waals surface area contributed by atoms with Gasteiger partial charge in [-0.25, -0.2) is 0 Å². The molecule has 25 heavy (non-hydrogen) atoms. The van der Waals surface area contributed by atoms with Gasteiger partial charge in [-0.3, -0.25) is 0 Å². The number of aromatic hydroxyl groups is 1. The van der Waals surface area contributed by atoms with E-state index in [9.17, 15) is 0 Å². The summed E-state index contributed by atoms with van der Waals surface area (Å²) in [5.74, 6) is 2.22. The minimum absolute atomic E-state index is 0.0565. The van der Waals surface area contributed by atoms with Crippen molar-refractivity contribution in [1.29, 1.82) is 0 Å². The normalized spacial score (nSPS) is 10.0. The zero-order chi connectivity index (χ0) is 17.9. The lowest BCUT2D eigenvalue weighted by Crippen LogP contribution is -1.78. The van der Waals surface area contributed by atoms with Crippen LogP contribution < -0.4 is 0 Å². The van der Waals surface area contributed by atoms with Crippen LogP contribution in [0.3, 0.4) is 0 Å². The van der Waals surface area contributed by atoms with Gasteiger partial charge < -0.3 is 5.11 Å². The molecule has 3 aromatic carbocycles. The van der Waals surface area contributed by atoms with E-state index in [0.29, 0.717) is 5.02 Å². The highest BCUT2D eigenvalue weighted by atomic mass is 35.5. The average molecular weight is 409 g/mol. The van der Waals surface area contributed by atoms with E-state index in [1.165, 1.54) is 23.3 Å². The van der Waals surface area contributed by atoms with Crippen LogP contribution in [0, 0.1) is 0 Å². The second-order valence-corrected chi connectivity index (χ2v) is 8.40. The van der Waals surface area contributed by atoms with E-state index >= 15 is 0 Å². The molecule has 3 rings (SSSR count). The molecule has 1 N–H and O–H groups in total. The summed E-state index contributed by atoms with van der Waals surface area (Å²) in [6.07, 6.45) is 0. The monoisotopic (exact) mass is 408 g/mol. The van der Waals surface area contributed by atoms with Gasteiger partial charge >= 0.3 is 0 Å². The topological polar surface area (TPSA) is 20.2 Å². The largest absolute Gasteiger partial charge is 0.506 e. The Morgan fingerprint density at radius 1 is 0.680 bits per heavy atom. The molecule has 0 saturated carbocycles. The Kier molecular flexibility index (Phi) is 9.12. The number of hydrogen-bond acceptors (Lipinski definition) is 3. The van der Waals surface area contributed by atoms with Crippen molar-refractivity contribution in [3.05, 3.63) is 100 Å². The van der Waals surface area contributed by atoms with Crippen LogP contribution in [0.2, 0.25) is 10.0 Å². The Bertz CT molecular complexity index is 711. The summed E-state index contributed by atoms with van der Waals surface area (Å²) < 4.78 is 0. The predicted molar refractivity (Wildman–Crippen MR) is 114 cm³/mol. The van der Waals surface area contributed by atoms with Gasteiger partial charge in [-0.2, -0.15) is 0 Å². The molecule has 0 amide bonds. The molecule has 3 aromatic rings. The highest BCUT2D eigenvalue weighted by Crippen LogP contribution is 2.29. The lowest BCUT2D eigenvalue weighted by Gasteiger charge is -2.01. The summed E-state index contributed by atoms with van der Waals surface area (Å²) in [7, 11) is 3.84. The van der Waals surface area contributed by atoms with Crippen LogP contribution in [0.25, 0.3) is 0 Å². The molecule has 0 saturated heterocycles. The molecule has 5 heteroatoms. The average Bonchev–Trinajstić information content (AvgIpc) is 2.64. The summed E-state index contributed by atoms with van der Waals surface area (Å²) in [4.78, 5) is 0. The van der Waals surface area contributed by atoms with Crippen molar-refractivity contribution in [2.45, 2.75) is 11.5 Å². The van der Waals surface area contributed by atoms with E-state index in [0.717, 1.165) is 11.5 Å². The van der Waals surface area contributed by atoms with E-state index in [4.69, 9.17) is 28.3 Å². The maximum absolute atomic E-state index is 8.85. The Morgan fingerprint density at radius 2 is 1.16 bits per heavy atom. The molecule has 0 atom stereocenters. The van der Waals surface area contributed by atoms with Crippen LogP contribution in [0.15, 0.2) is 78.9 Å². The molecule has 0 aliphatic heterocycles. The summed E-state index contributed by atoms with van der Waals surface area (Å²) in [6.45, 7) is 0. The summed E-state index contributed by atoms with van der Waals surface area (Å²) >= 11 is 11.0. The molecule has 0 aliphatic rings. The third-order valence-electron chi connectivity index (χ3n) is 3.13. The molecule has 0 radical (unpaired) electrons. The first-order chi connectivity index (χ1) is 12.1. The fourth-order valence-electron chi connectivity index (χ4n) is 1.85. The van der Waals surface area contributed by atoms with Crippen molar-refractivity contribution in [2.24, 2.45) is 0 Å². The Labute approximate surface area is 166 Å². The van der Waals surface area contributed by atoms with Crippen molar-refractivity contribution < 1.29 is 5.11 Å². The molecule has 1 nitrogen and oxygen atoms in total. The zero-order valence-electron chi connectivity index (χ0n) is 13.4. The minimum atomic E-state index is 0.0565. The zero-order valence-corrected chi connectivity index (χ0v) is 16.6. The number of phenols is 1. The second kappa shape index (κ2) is 11.4. The Balaban J connectivity index is 0.000000212. The maximum atomic E-state index is 8.85. The second-order valence-electron chi connectivity index (χ2n) is 5.09. The van der Waals surface area contributed by atoms with Crippen molar-refractivity contribution >= 4 is 44.8 Å². The summed E-state index contributed by atoms with van der Waals surface area (Å²) in [5.41, 5.74) is 2.79. The predicted octanol–water partition coefficient (Wildman–Crippen LogP) is 7.47. The van der Waals surface area contributed by atoms with Crippen molar-refractivity contribution in [1.82, 2.24) is 0 Å². The number of rotatable bonds is 5. The van der Waals surface area contributed by atoms with Crippen LogP contribution in [-0.2, 0) is 11.5 Å². The quantitative estimate of drug-likeness (QED) is 0.349. The molecule has 0 fully saturated rings. The number of benzene rings is 3. The van der Waals surface area contributed by atoms with Gasteiger partial charge in [0, 0.05) is 16.5 Å². The SMILES string of the molecule is Oc1ccc(Cl)cc1Cl.c1ccc(CSSCc2ccccc2)cc1. The summed E-state index contributed by atoms with van der Waals surface area (Å²) in [5, 5.41) is 9.66. The Morgan fingerprint density at radius 3 is 1.56 bits per heavy atom. The van der Waals surface area contributed by atoms with Gasteiger partial charge in [0.25, 0.3) is 0 Å². The van der Waals surface area contributed by atoms with Crippen molar-refractivity contribution in [3.63, 3.8) is 0 Å².